The lowest BCUT2D eigenvalue weighted by Gasteiger charge is -2.19. The van der Waals surface area contributed by atoms with Gasteiger partial charge >= 0.3 is 0 Å². The summed E-state index contributed by atoms with van der Waals surface area (Å²) in [6.45, 7) is 5.71. The number of nitrogens with two attached hydrogens (primary N) is 1. The second kappa shape index (κ2) is 28.2. The molecule has 224 valence electrons. The standard InChI is InChI=1S/C31H63N5O2/c1-3-5-7-9-10-11-12-13-14-15-16-17-18-19-20-25-29(37)36-28(24-21-23-27-35-31(32)33)30(38)34-26-22-8-6-4-2/h28H,3-27H2,1-2H3,(H,34,38)(H,36,37)(H4,32,33,35). The van der Waals surface area contributed by atoms with E-state index in [2.05, 4.69) is 29.8 Å². The number of unbranched alkanes of at least 4 members (excludes halogenated alkanes) is 18. The lowest BCUT2D eigenvalue weighted by molar-refractivity contribution is -0.129. The highest BCUT2D eigenvalue weighted by Crippen LogP contribution is 2.14. The minimum atomic E-state index is -0.484. The second-order valence-corrected chi connectivity index (χ2v) is 11.0. The molecule has 0 aromatic rings. The fourth-order valence-corrected chi connectivity index (χ4v) is 4.78. The molecule has 0 aromatic carbocycles. The van der Waals surface area contributed by atoms with Crippen LogP contribution in [0.25, 0.3) is 0 Å². The number of guanidine groups is 1. The van der Waals surface area contributed by atoms with Gasteiger partial charge in [-0.2, -0.15) is 0 Å². The average Bonchev–Trinajstić information content (AvgIpc) is 2.89. The molecular formula is C31H63N5O2. The smallest absolute Gasteiger partial charge is 0.242 e. The minimum absolute atomic E-state index is 0.0207. The molecule has 0 saturated heterocycles. The summed E-state index contributed by atoms with van der Waals surface area (Å²) in [5.74, 6) is -0.137. The number of amides is 2. The van der Waals surface area contributed by atoms with Crippen molar-refractivity contribution in [2.45, 2.75) is 168 Å². The van der Waals surface area contributed by atoms with E-state index in [0.29, 0.717) is 25.9 Å². The first-order valence-electron chi connectivity index (χ1n) is 16.2. The molecule has 2 amide bonds. The van der Waals surface area contributed by atoms with Crippen molar-refractivity contribution in [3.8, 4) is 0 Å². The maximum absolute atomic E-state index is 12.7. The molecule has 1 unspecified atom stereocenters. The first-order valence-corrected chi connectivity index (χ1v) is 16.2. The van der Waals surface area contributed by atoms with Crippen LogP contribution in [0.5, 0.6) is 0 Å². The Labute approximate surface area is 235 Å². The number of carbonyl (C=O) groups excluding carboxylic acids is 2. The van der Waals surface area contributed by atoms with Gasteiger partial charge in [0, 0.05) is 19.5 Å². The molecule has 0 fully saturated rings. The zero-order valence-electron chi connectivity index (χ0n) is 25.1. The van der Waals surface area contributed by atoms with Gasteiger partial charge in [-0.3, -0.25) is 15.0 Å². The second-order valence-electron chi connectivity index (χ2n) is 11.0. The summed E-state index contributed by atoms with van der Waals surface area (Å²) in [5, 5.41) is 16.0. The maximum atomic E-state index is 12.7. The molecule has 7 nitrogen and oxygen atoms in total. The van der Waals surface area contributed by atoms with Gasteiger partial charge in [-0.1, -0.05) is 123 Å². The zero-order chi connectivity index (χ0) is 28.1. The Morgan fingerprint density at radius 2 is 1.03 bits per heavy atom. The van der Waals surface area contributed by atoms with Crippen LogP contribution in [0.1, 0.15) is 162 Å². The topological polar surface area (TPSA) is 120 Å². The van der Waals surface area contributed by atoms with Crippen LogP contribution in [0, 0.1) is 5.41 Å². The van der Waals surface area contributed by atoms with Crippen LogP contribution in [0.15, 0.2) is 0 Å². The van der Waals surface area contributed by atoms with Crippen molar-refractivity contribution in [2.24, 2.45) is 5.73 Å². The van der Waals surface area contributed by atoms with E-state index >= 15 is 0 Å². The first kappa shape index (κ1) is 36.2. The number of hydrogen-bond donors (Lipinski definition) is 5. The van der Waals surface area contributed by atoms with Crippen LogP contribution in [-0.4, -0.2) is 36.9 Å². The number of carbonyl (C=O) groups is 2. The first-order chi connectivity index (χ1) is 18.5. The Kier molecular flexibility index (Phi) is 26.9. The molecule has 0 aliphatic heterocycles. The fraction of sp³-hybridized carbons (Fsp3) is 0.903. The van der Waals surface area contributed by atoms with Gasteiger partial charge in [0.15, 0.2) is 5.96 Å². The number of hydrogen-bond acceptors (Lipinski definition) is 3. The molecule has 7 heteroatoms. The van der Waals surface area contributed by atoms with Crippen molar-refractivity contribution in [2.75, 3.05) is 13.1 Å². The molecule has 0 bridgehead atoms. The van der Waals surface area contributed by atoms with Crippen LogP contribution in [0.3, 0.4) is 0 Å². The predicted molar refractivity (Wildman–Crippen MR) is 162 cm³/mol. The minimum Gasteiger partial charge on any atom is -0.370 e. The summed E-state index contributed by atoms with van der Waals surface area (Å²) in [5.41, 5.74) is 5.32. The van der Waals surface area contributed by atoms with Gasteiger partial charge in [0.1, 0.15) is 6.04 Å². The van der Waals surface area contributed by atoms with Crippen molar-refractivity contribution in [1.29, 1.82) is 5.41 Å². The summed E-state index contributed by atoms with van der Waals surface area (Å²) in [7, 11) is 0. The summed E-state index contributed by atoms with van der Waals surface area (Å²) in [4.78, 5) is 25.2. The summed E-state index contributed by atoms with van der Waals surface area (Å²) in [6.07, 6.45) is 26.7. The molecule has 0 aliphatic carbocycles. The third-order valence-electron chi connectivity index (χ3n) is 7.22. The van der Waals surface area contributed by atoms with E-state index in [9.17, 15) is 9.59 Å². The maximum Gasteiger partial charge on any atom is 0.242 e. The van der Waals surface area contributed by atoms with Crippen molar-refractivity contribution >= 4 is 17.8 Å². The third-order valence-corrected chi connectivity index (χ3v) is 7.22. The highest BCUT2D eigenvalue weighted by atomic mass is 16.2. The van der Waals surface area contributed by atoms with Gasteiger partial charge < -0.3 is 21.7 Å². The normalized spacial score (nSPS) is 11.7. The highest BCUT2D eigenvalue weighted by Gasteiger charge is 2.19. The predicted octanol–water partition coefficient (Wildman–Crippen LogP) is 7.08. The monoisotopic (exact) mass is 537 g/mol. The van der Waals surface area contributed by atoms with E-state index in [1.54, 1.807) is 0 Å². The van der Waals surface area contributed by atoms with Crippen molar-refractivity contribution in [1.82, 2.24) is 16.0 Å². The molecule has 0 aromatic heterocycles. The van der Waals surface area contributed by atoms with E-state index in [1.165, 1.54) is 96.3 Å². The van der Waals surface area contributed by atoms with Crippen LogP contribution in [0.2, 0.25) is 0 Å². The van der Waals surface area contributed by atoms with Crippen molar-refractivity contribution < 1.29 is 9.59 Å². The van der Waals surface area contributed by atoms with Gasteiger partial charge in [-0.05, 0) is 32.1 Å². The quantitative estimate of drug-likeness (QED) is 0.0416. The molecule has 0 spiro atoms. The van der Waals surface area contributed by atoms with Gasteiger partial charge in [0.2, 0.25) is 11.8 Å². The van der Waals surface area contributed by atoms with Gasteiger partial charge in [0.25, 0.3) is 0 Å². The SMILES string of the molecule is CCCCCCCCCCCCCCCCCC(=O)NC(CCCCNC(=N)N)C(=O)NCCCCCC. The Balaban J connectivity index is 3.95. The van der Waals surface area contributed by atoms with E-state index in [1.807, 2.05) is 0 Å². The lowest BCUT2D eigenvalue weighted by Crippen LogP contribution is -2.47. The van der Waals surface area contributed by atoms with Gasteiger partial charge in [-0.15, -0.1) is 0 Å². The Bertz CT molecular complexity index is 570. The average molecular weight is 538 g/mol. The Hall–Kier alpha value is -1.79. The summed E-state index contributed by atoms with van der Waals surface area (Å²) in [6, 6.07) is -0.484. The van der Waals surface area contributed by atoms with E-state index in [0.717, 1.165) is 38.5 Å². The molecule has 0 aliphatic rings. The van der Waals surface area contributed by atoms with E-state index < -0.39 is 6.04 Å². The molecule has 6 N–H and O–H groups in total. The number of rotatable bonds is 28. The van der Waals surface area contributed by atoms with Crippen LogP contribution in [-0.2, 0) is 9.59 Å². The molecule has 0 radical (unpaired) electrons. The number of nitrogens with one attached hydrogen (secondary N) is 4. The Morgan fingerprint density at radius 3 is 1.53 bits per heavy atom. The van der Waals surface area contributed by atoms with Gasteiger partial charge in [0.05, 0.1) is 0 Å². The molecular weight excluding hydrogens is 474 g/mol. The molecule has 0 saturated carbocycles. The van der Waals surface area contributed by atoms with E-state index in [4.69, 9.17) is 11.1 Å². The van der Waals surface area contributed by atoms with Crippen LogP contribution < -0.4 is 21.7 Å². The molecule has 1 atom stereocenters. The van der Waals surface area contributed by atoms with Crippen LogP contribution in [0.4, 0.5) is 0 Å². The van der Waals surface area contributed by atoms with Crippen molar-refractivity contribution in [3.63, 3.8) is 0 Å². The van der Waals surface area contributed by atoms with E-state index in [-0.39, 0.29) is 17.8 Å². The fourth-order valence-electron chi connectivity index (χ4n) is 4.78. The molecule has 0 rings (SSSR count). The van der Waals surface area contributed by atoms with Crippen molar-refractivity contribution in [3.05, 3.63) is 0 Å². The summed E-state index contributed by atoms with van der Waals surface area (Å²) < 4.78 is 0. The lowest BCUT2D eigenvalue weighted by atomic mass is 10.0. The zero-order valence-corrected chi connectivity index (χ0v) is 25.1. The largest absolute Gasteiger partial charge is 0.370 e. The summed E-state index contributed by atoms with van der Waals surface area (Å²) >= 11 is 0. The van der Waals surface area contributed by atoms with Gasteiger partial charge in [-0.25, -0.2) is 0 Å². The Morgan fingerprint density at radius 1 is 0.605 bits per heavy atom. The molecule has 0 heterocycles. The third kappa shape index (κ3) is 25.8. The molecule has 38 heavy (non-hydrogen) atoms. The highest BCUT2D eigenvalue weighted by molar-refractivity contribution is 5.87. The van der Waals surface area contributed by atoms with Crippen LogP contribution >= 0.6 is 0 Å².